The van der Waals surface area contributed by atoms with E-state index in [-0.39, 0.29) is 0 Å². The van der Waals surface area contributed by atoms with Gasteiger partial charge in [-0.15, -0.1) is 0 Å². The summed E-state index contributed by atoms with van der Waals surface area (Å²) in [7, 11) is 0. The monoisotopic (exact) mass is 385 g/mol. The molecule has 1 saturated heterocycles. The predicted molar refractivity (Wildman–Crippen MR) is 98.9 cm³/mol. The van der Waals surface area contributed by atoms with Gasteiger partial charge in [0.25, 0.3) is 0 Å². The number of anilines is 1. The third kappa shape index (κ3) is 3.52. The van der Waals surface area contributed by atoms with Crippen molar-refractivity contribution in [1.82, 2.24) is 14.5 Å². The van der Waals surface area contributed by atoms with Gasteiger partial charge in [-0.2, -0.15) is 18.4 Å². The van der Waals surface area contributed by atoms with Crippen molar-refractivity contribution in [3.63, 3.8) is 0 Å². The van der Waals surface area contributed by atoms with Crippen LogP contribution in [0.15, 0.2) is 36.5 Å². The van der Waals surface area contributed by atoms with Gasteiger partial charge in [0.1, 0.15) is 6.07 Å². The summed E-state index contributed by atoms with van der Waals surface area (Å²) in [5.41, 5.74) is 1.44. The lowest BCUT2D eigenvalue weighted by molar-refractivity contribution is -0.137. The molecule has 8 heteroatoms. The Balaban J connectivity index is 1.79. The number of nitriles is 1. The second-order valence-electron chi connectivity index (χ2n) is 6.90. The second-order valence-corrected chi connectivity index (χ2v) is 6.90. The number of hydrogen-bond acceptors (Lipinski definition) is 4. The summed E-state index contributed by atoms with van der Waals surface area (Å²) in [5, 5.41) is 8.93. The highest BCUT2D eigenvalue weighted by Gasteiger charge is 2.31. The topological polar surface area (TPSA) is 57.7 Å². The Bertz CT molecular complexity index is 1020. The van der Waals surface area contributed by atoms with Crippen molar-refractivity contribution < 1.29 is 13.2 Å². The molecule has 0 bridgehead atoms. The number of fused-ring (bicyclic) bond motifs is 1. The summed E-state index contributed by atoms with van der Waals surface area (Å²) in [6.45, 7) is 2.03. The lowest BCUT2D eigenvalue weighted by atomic mass is 10.1. The van der Waals surface area contributed by atoms with E-state index in [1.807, 2.05) is 10.6 Å². The molecule has 1 aliphatic heterocycles. The van der Waals surface area contributed by atoms with Gasteiger partial charge in [-0.25, -0.2) is 4.98 Å². The highest BCUT2D eigenvalue weighted by molar-refractivity contribution is 5.80. The minimum absolute atomic E-state index is 0.323. The van der Waals surface area contributed by atoms with Crippen molar-refractivity contribution in [3.8, 4) is 6.07 Å². The van der Waals surface area contributed by atoms with E-state index in [0.717, 1.165) is 50.2 Å². The number of piperidine rings is 1. The molecule has 3 heterocycles. The van der Waals surface area contributed by atoms with E-state index in [0.29, 0.717) is 29.1 Å². The predicted octanol–water partition coefficient (Wildman–Crippen LogP) is 4.36. The Hall–Kier alpha value is -3.08. The molecule has 0 spiro atoms. The van der Waals surface area contributed by atoms with Crippen molar-refractivity contribution in [3.05, 3.63) is 53.3 Å². The summed E-state index contributed by atoms with van der Waals surface area (Å²) in [4.78, 5) is 11.0. The van der Waals surface area contributed by atoms with Crippen LogP contribution in [0.5, 0.6) is 0 Å². The molecule has 0 atom stereocenters. The molecule has 2 aromatic heterocycles. The molecule has 1 aromatic carbocycles. The standard InChI is InChI=1S/C20H18F3N5/c21-20(22,23)15-5-7-18-17(10-15)26-19(27-8-2-1-3-9-27)28(18)13-16-6-4-14(11-24)12-25-16/h4-7,10,12H,1-3,8-9,13H2. The Morgan fingerprint density at radius 3 is 2.50 bits per heavy atom. The maximum Gasteiger partial charge on any atom is 0.416 e. The zero-order valence-corrected chi connectivity index (χ0v) is 15.1. The van der Waals surface area contributed by atoms with E-state index in [2.05, 4.69) is 14.9 Å². The van der Waals surface area contributed by atoms with Crippen LogP contribution in [-0.4, -0.2) is 27.6 Å². The second kappa shape index (κ2) is 7.15. The summed E-state index contributed by atoms with van der Waals surface area (Å²) >= 11 is 0. The fourth-order valence-electron chi connectivity index (χ4n) is 3.53. The third-order valence-electron chi connectivity index (χ3n) is 4.97. The number of pyridine rings is 1. The third-order valence-corrected chi connectivity index (χ3v) is 4.97. The van der Waals surface area contributed by atoms with Gasteiger partial charge in [-0.3, -0.25) is 4.98 Å². The number of imidazole rings is 1. The van der Waals surface area contributed by atoms with E-state index in [1.165, 1.54) is 12.3 Å². The number of alkyl halides is 3. The molecule has 28 heavy (non-hydrogen) atoms. The Kier molecular flexibility index (Phi) is 4.67. The molecule has 0 aliphatic carbocycles. The SMILES string of the molecule is N#Cc1ccc(Cn2c(N3CCCCC3)nc3cc(C(F)(F)F)ccc32)nc1. The highest BCUT2D eigenvalue weighted by atomic mass is 19.4. The van der Waals surface area contributed by atoms with E-state index in [1.54, 1.807) is 12.1 Å². The van der Waals surface area contributed by atoms with Crippen LogP contribution in [-0.2, 0) is 12.7 Å². The molecule has 4 rings (SSSR count). The number of rotatable bonds is 3. The number of hydrogen-bond donors (Lipinski definition) is 0. The summed E-state index contributed by atoms with van der Waals surface area (Å²) in [5.74, 6) is 0.667. The zero-order chi connectivity index (χ0) is 19.7. The smallest absolute Gasteiger partial charge is 0.342 e. The normalized spacial score (nSPS) is 15.0. The van der Waals surface area contributed by atoms with Crippen LogP contribution in [0.1, 0.15) is 36.1 Å². The first kappa shape index (κ1) is 18.3. The van der Waals surface area contributed by atoms with Gasteiger partial charge in [0.2, 0.25) is 5.95 Å². The van der Waals surface area contributed by atoms with Crippen LogP contribution in [0.3, 0.4) is 0 Å². The van der Waals surface area contributed by atoms with Crippen LogP contribution < -0.4 is 4.90 Å². The first-order valence-electron chi connectivity index (χ1n) is 9.13. The van der Waals surface area contributed by atoms with Gasteiger partial charge >= 0.3 is 6.18 Å². The number of benzene rings is 1. The molecule has 3 aromatic rings. The molecular formula is C20H18F3N5. The summed E-state index contributed by atoms with van der Waals surface area (Å²) < 4.78 is 41.3. The quantitative estimate of drug-likeness (QED) is 0.672. The van der Waals surface area contributed by atoms with Gasteiger partial charge < -0.3 is 9.47 Å². The average molecular weight is 385 g/mol. The van der Waals surface area contributed by atoms with Crippen LogP contribution in [0.25, 0.3) is 11.0 Å². The molecule has 144 valence electrons. The lowest BCUT2D eigenvalue weighted by Crippen LogP contribution is -2.32. The lowest BCUT2D eigenvalue weighted by Gasteiger charge is -2.28. The molecule has 1 aliphatic rings. The first-order chi connectivity index (χ1) is 13.5. The van der Waals surface area contributed by atoms with Crippen molar-refractivity contribution in [2.24, 2.45) is 0 Å². The maximum absolute atomic E-state index is 13.1. The van der Waals surface area contributed by atoms with Crippen LogP contribution >= 0.6 is 0 Å². The fraction of sp³-hybridized carbons (Fsp3) is 0.350. The molecule has 0 unspecified atom stereocenters. The van der Waals surface area contributed by atoms with Gasteiger partial charge in [0, 0.05) is 19.3 Å². The molecule has 0 N–H and O–H groups in total. The fourth-order valence-corrected chi connectivity index (χ4v) is 3.53. The Morgan fingerprint density at radius 2 is 1.86 bits per heavy atom. The zero-order valence-electron chi connectivity index (χ0n) is 15.1. The van der Waals surface area contributed by atoms with Crippen molar-refractivity contribution in [2.45, 2.75) is 32.0 Å². The highest BCUT2D eigenvalue weighted by Crippen LogP contribution is 2.33. The van der Waals surface area contributed by atoms with E-state index in [4.69, 9.17) is 5.26 Å². The van der Waals surface area contributed by atoms with Gasteiger partial charge in [-0.05, 0) is 49.6 Å². The molecule has 0 amide bonds. The van der Waals surface area contributed by atoms with E-state index < -0.39 is 11.7 Å². The van der Waals surface area contributed by atoms with Gasteiger partial charge in [0.05, 0.1) is 34.4 Å². The maximum atomic E-state index is 13.1. The van der Waals surface area contributed by atoms with Crippen molar-refractivity contribution in [2.75, 3.05) is 18.0 Å². The molecule has 0 saturated carbocycles. The minimum Gasteiger partial charge on any atom is -0.342 e. The van der Waals surface area contributed by atoms with E-state index >= 15 is 0 Å². The Morgan fingerprint density at radius 1 is 1.07 bits per heavy atom. The number of aromatic nitrogens is 3. The number of halogens is 3. The van der Waals surface area contributed by atoms with Crippen LogP contribution in [0.4, 0.5) is 19.1 Å². The summed E-state index contributed by atoms with van der Waals surface area (Å²) in [6.07, 6.45) is 0.305. The Labute approximate surface area is 160 Å². The van der Waals surface area contributed by atoms with Gasteiger partial charge in [-0.1, -0.05) is 0 Å². The average Bonchev–Trinajstić information content (AvgIpc) is 3.06. The molecule has 1 fully saturated rings. The molecular weight excluding hydrogens is 367 g/mol. The van der Waals surface area contributed by atoms with Crippen LogP contribution in [0, 0.1) is 11.3 Å². The molecule has 5 nitrogen and oxygen atoms in total. The van der Waals surface area contributed by atoms with E-state index in [9.17, 15) is 13.2 Å². The van der Waals surface area contributed by atoms with Gasteiger partial charge in [0.15, 0.2) is 0 Å². The summed E-state index contributed by atoms with van der Waals surface area (Å²) in [6, 6.07) is 9.14. The molecule has 0 radical (unpaired) electrons. The van der Waals surface area contributed by atoms with Crippen molar-refractivity contribution >= 4 is 17.0 Å². The minimum atomic E-state index is -4.40. The van der Waals surface area contributed by atoms with Crippen LogP contribution in [0.2, 0.25) is 0 Å². The van der Waals surface area contributed by atoms with Crippen molar-refractivity contribution in [1.29, 1.82) is 5.26 Å². The largest absolute Gasteiger partial charge is 0.416 e. The first-order valence-corrected chi connectivity index (χ1v) is 9.13. The number of nitrogens with zero attached hydrogens (tertiary/aromatic N) is 5.